The lowest BCUT2D eigenvalue weighted by atomic mass is 9.76. The molecule has 0 aromatic heterocycles. The molecule has 128 valence electrons. The molecule has 0 radical (unpaired) electrons. The number of Topliss-reactive ketones (excluding diaryl/α,β-unsaturated/α-hetero) is 1. The molecule has 1 aliphatic carbocycles. The predicted octanol–water partition coefficient (Wildman–Crippen LogP) is 2.79. The van der Waals surface area contributed by atoms with Crippen LogP contribution < -0.4 is 0 Å². The summed E-state index contributed by atoms with van der Waals surface area (Å²) in [6.07, 6.45) is 3.12. The van der Waals surface area contributed by atoms with Gasteiger partial charge in [-0.1, -0.05) is 24.3 Å². The summed E-state index contributed by atoms with van der Waals surface area (Å²) in [5, 5.41) is 0. The van der Waals surface area contributed by atoms with Crippen molar-refractivity contribution >= 4 is 21.6 Å². The van der Waals surface area contributed by atoms with Gasteiger partial charge in [0.15, 0.2) is 5.78 Å². The minimum absolute atomic E-state index is 0.0274. The van der Waals surface area contributed by atoms with E-state index in [0.29, 0.717) is 12.3 Å². The van der Waals surface area contributed by atoms with Crippen LogP contribution in [-0.2, 0) is 14.8 Å². The highest BCUT2D eigenvalue weighted by Crippen LogP contribution is 2.38. The quantitative estimate of drug-likeness (QED) is 0.845. The molecule has 6 heteroatoms. The summed E-state index contributed by atoms with van der Waals surface area (Å²) in [5.41, 5.74) is 0.223. The molecule has 0 bridgehead atoms. The zero-order chi connectivity index (χ0) is 17.5. The van der Waals surface area contributed by atoms with Crippen molar-refractivity contribution in [3.05, 3.63) is 42.0 Å². The fourth-order valence-electron chi connectivity index (χ4n) is 3.44. The Balaban J connectivity index is 1.89. The van der Waals surface area contributed by atoms with Gasteiger partial charge in [-0.25, -0.2) is 8.42 Å². The molecule has 3 rings (SSSR count). The van der Waals surface area contributed by atoms with E-state index in [2.05, 4.69) is 4.99 Å². The first-order valence-electron chi connectivity index (χ1n) is 8.08. The Bertz CT molecular complexity index is 827. The summed E-state index contributed by atoms with van der Waals surface area (Å²) in [6.45, 7) is 5.78. The van der Waals surface area contributed by atoms with Crippen LogP contribution in [0.2, 0.25) is 0 Å². The number of hydrogen-bond donors (Lipinski definition) is 0. The maximum Gasteiger partial charge on any atom is 0.265 e. The highest BCUT2D eigenvalue weighted by molar-refractivity contribution is 7.89. The number of benzene rings is 1. The molecule has 0 saturated heterocycles. The molecule has 0 N–H and O–H groups in total. The SMILES string of the molecule is CC1=CCC(C2(C)CN(S(=O)(=O)c3ccccc3)C(C)=N2)CC1=O. The molecular formula is C18H22N2O3S. The predicted molar refractivity (Wildman–Crippen MR) is 93.3 cm³/mol. The van der Waals surface area contributed by atoms with Crippen molar-refractivity contribution in [3.63, 3.8) is 0 Å². The van der Waals surface area contributed by atoms with E-state index < -0.39 is 15.6 Å². The number of hydrogen-bond acceptors (Lipinski definition) is 4. The van der Waals surface area contributed by atoms with Crippen LogP contribution in [0.4, 0.5) is 0 Å². The highest BCUT2D eigenvalue weighted by atomic mass is 32.2. The number of ketones is 1. The minimum atomic E-state index is -3.62. The average molecular weight is 346 g/mol. The van der Waals surface area contributed by atoms with E-state index >= 15 is 0 Å². The maximum absolute atomic E-state index is 12.9. The summed E-state index contributed by atoms with van der Waals surface area (Å²) in [6, 6.07) is 8.39. The number of aliphatic imine (C=N–C) groups is 1. The van der Waals surface area contributed by atoms with Crippen molar-refractivity contribution in [3.8, 4) is 0 Å². The van der Waals surface area contributed by atoms with Gasteiger partial charge >= 0.3 is 0 Å². The van der Waals surface area contributed by atoms with Crippen molar-refractivity contribution in [1.82, 2.24) is 4.31 Å². The molecule has 5 nitrogen and oxygen atoms in total. The summed E-state index contributed by atoms with van der Waals surface area (Å²) in [5.74, 6) is 0.643. The summed E-state index contributed by atoms with van der Waals surface area (Å²) in [4.78, 5) is 17.0. The van der Waals surface area contributed by atoms with Crippen LogP contribution in [0, 0.1) is 5.92 Å². The van der Waals surface area contributed by atoms with Gasteiger partial charge in [0, 0.05) is 6.42 Å². The third kappa shape index (κ3) is 2.79. The summed E-state index contributed by atoms with van der Waals surface area (Å²) in [7, 11) is -3.62. The molecule has 1 aromatic carbocycles. The topological polar surface area (TPSA) is 66.8 Å². The first-order valence-corrected chi connectivity index (χ1v) is 9.52. The van der Waals surface area contributed by atoms with Crippen LogP contribution in [0.5, 0.6) is 0 Å². The molecule has 2 atom stereocenters. The molecule has 0 spiro atoms. The van der Waals surface area contributed by atoms with Gasteiger partial charge in [0.05, 0.1) is 17.0 Å². The first kappa shape index (κ1) is 16.9. The molecule has 1 aromatic rings. The molecule has 2 unspecified atom stereocenters. The molecule has 2 aliphatic rings. The lowest BCUT2D eigenvalue weighted by molar-refractivity contribution is -0.117. The van der Waals surface area contributed by atoms with Gasteiger partial charge in [0.1, 0.15) is 5.84 Å². The zero-order valence-electron chi connectivity index (χ0n) is 14.2. The number of sulfonamides is 1. The van der Waals surface area contributed by atoms with Gasteiger partial charge in [-0.15, -0.1) is 0 Å². The van der Waals surface area contributed by atoms with E-state index in [-0.39, 0.29) is 23.1 Å². The Morgan fingerprint density at radius 3 is 2.50 bits per heavy atom. The van der Waals surface area contributed by atoms with Crippen LogP contribution in [0.1, 0.15) is 33.6 Å². The zero-order valence-corrected chi connectivity index (χ0v) is 15.0. The van der Waals surface area contributed by atoms with Crippen LogP contribution in [0.15, 0.2) is 51.9 Å². The van der Waals surface area contributed by atoms with Crippen molar-refractivity contribution in [2.75, 3.05) is 6.54 Å². The van der Waals surface area contributed by atoms with Gasteiger partial charge in [0.25, 0.3) is 10.0 Å². The van der Waals surface area contributed by atoms with Crippen molar-refractivity contribution in [2.45, 2.75) is 44.0 Å². The molecule has 0 saturated carbocycles. The maximum atomic E-state index is 12.9. The number of allylic oxidation sites excluding steroid dienone is 2. The van der Waals surface area contributed by atoms with E-state index in [1.54, 1.807) is 37.3 Å². The number of carbonyl (C=O) groups is 1. The Hall–Kier alpha value is -1.95. The summed E-state index contributed by atoms with van der Waals surface area (Å²) < 4.78 is 27.2. The Kier molecular flexibility index (Phi) is 4.11. The van der Waals surface area contributed by atoms with Crippen LogP contribution >= 0.6 is 0 Å². The van der Waals surface area contributed by atoms with Crippen LogP contribution in [0.25, 0.3) is 0 Å². The fraction of sp³-hybridized carbons (Fsp3) is 0.444. The van der Waals surface area contributed by atoms with Gasteiger partial charge in [-0.2, -0.15) is 0 Å². The normalized spacial score (nSPS) is 27.9. The molecular weight excluding hydrogens is 324 g/mol. The Labute approximate surface area is 143 Å². The smallest absolute Gasteiger partial charge is 0.265 e. The van der Waals surface area contributed by atoms with Crippen molar-refractivity contribution in [1.29, 1.82) is 0 Å². The lowest BCUT2D eigenvalue weighted by Crippen LogP contribution is -2.43. The van der Waals surface area contributed by atoms with Crippen molar-refractivity contribution < 1.29 is 13.2 Å². The van der Waals surface area contributed by atoms with Crippen LogP contribution in [0.3, 0.4) is 0 Å². The van der Waals surface area contributed by atoms with E-state index in [9.17, 15) is 13.2 Å². The fourth-order valence-corrected chi connectivity index (χ4v) is 5.02. The number of amidine groups is 1. The Morgan fingerprint density at radius 1 is 1.21 bits per heavy atom. The first-order chi connectivity index (χ1) is 11.2. The molecule has 1 aliphatic heterocycles. The second kappa shape index (κ2) is 5.84. The monoisotopic (exact) mass is 346 g/mol. The second-order valence-corrected chi connectivity index (χ2v) is 8.65. The number of rotatable bonds is 3. The third-order valence-corrected chi connectivity index (χ3v) is 6.87. The Morgan fingerprint density at radius 2 is 1.88 bits per heavy atom. The third-order valence-electron chi connectivity index (χ3n) is 5.03. The van der Waals surface area contributed by atoms with Gasteiger partial charge in [0.2, 0.25) is 0 Å². The second-order valence-electron chi connectivity index (χ2n) is 6.79. The van der Waals surface area contributed by atoms with Gasteiger partial charge in [-0.05, 0) is 50.8 Å². The number of carbonyl (C=O) groups excluding carboxylic acids is 1. The average Bonchev–Trinajstić information content (AvgIpc) is 2.87. The molecule has 0 fully saturated rings. The largest absolute Gasteiger partial charge is 0.295 e. The molecule has 0 amide bonds. The van der Waals surface area contributed by atoms with Crippen molar-refractivity contribution in [2.24, 2.45) is 10.9 Å². The van der Waals surface area contributed by atoms with E-state index in [0.717, 1.165) is 12.0 Å². The highest BCUT2D eigenvalue weighted by Gasteiger charge is 2.45. The minimum Gasteiger partial charge on any atom is -0.295 e. The van der Waals surface area contributed by atoms with Gasteiger partial charge in [-0.3, -0.25) is 14.1 Å². The summed E-state index contributed by atoms with van der Waals surface area (Å²) >= 11 is 0. The van der Waals surface area contributed by atoms with Gasteiger partial charge < -0.3 is 0 Å². The van der Waals surface area contributed by atoms with E-state index in [1.165, 1.54) is 4.31 Å². The molecule has 1 heterocycles. The van der Waals surface area contributed by atoms with Crippen LogP contribution in [-0.4, -0.2) is 36.4 Å². The lowest BCUT2D eigenvalue weighted by Gasteiger charge is -2.33. The number of nitrogens with zero attached hydrogens (tertiary/aromatic N) is 2. The van der Waals surface area contributed by atoms with E-state index in [4.69, 9.17) is 0 Å². The molecule has 24 heavy (non-hydrogen) atoms. The standard InChI is InChI=1S/C18H22N2O3S/c1-13-9-10-15(11-17(13)21)18(3)12-20(14(2)19-18)24(22,23)16-7-5-4-6-8-16/h4-9,15H,10-12H2,1-3H3. The van der Waals surface area contributed by atoms with E-state index in [1.807, 2.05) is 19.9 Å².